The van der Waals surface area contributed by atoms with Gasteiger partial charge in [-0.15, -0.1) is 0 Å². The normalized spacial score (nSPS) is 14.5. The summed E-state index contributed by atoms with van der Waals surface area (Å²) >= 11 is 0. The molecule has 2 amide bonds. The minimum Gasteiger partial charge on any atom is -0.324 e. The molecule has 0 radical (unpaired) electrons. The molecule has 0 bridgehead atoms. The van der Waals surface area contributed by atoms with E-state index in [1.54, 1.807) is 24.3 Å². The summed E-state index contributed by atoms with van der Waals surface area (Å²) < 4.78 is 13.1. The van der Waals surface area contributed by atoms with Crippen LogP contribution in [0.15, 0.2) is 78.9 Å². The zero-order valence-corrected chi connectivity index (χ0v) is 19.0. The van der Waals surface area contributed by atoms with Gasteiger partial charge in [0.25, 0.3) is 5.91 Å². The summed E-state index contributed by atoms with van der Waals surface area (Å²) in [5, 5.41) is 5.61. The Labute approximate surface area is 199 Å². The van der Waals surface area contributed by atoms with Crippen LogP contribution in [0.2, 0.25) is 0 Å². The number of benzene rings is 3. The third kappa shape index (κ3) is 6.73. The highest BCUT2D eigenvalue weighted by Gasteiger charge is 2.20. The van der Waals surface area contributed by atoms with Crippen LogP contribution in [0, 0.1) is 5.82 Å². The van der Waals surface area contributed by atoms with Crippen molar-refractivity contribution in [3.05, 3.63) is 95.8 Å². The molecule has 0 spiro atoms. The van der Waals surface area contributed by atoms with E-state index >= 15 is 0 Å². The third-order valence-corrected chi connectivity index (χ3v) is 5.94. The van der Waals surface area contributed by atoms with Gasteiger partial charge in [-0.2, -0.15) is 0 Å². The van der Waals surface area contributed by atoms with Crippen molar-refractivity contribution < 1.29 is 14.0 Å². The highest BCUT2D eigenvalue weighted by atomic mass is 19.1. The van der Waals surface area contributed by atoms with E-state index in [9.17, 15) is 14.0 Å². The van der Waals surface area contributed by atoms with Crippen molar-refractivity contribution in [1.82, 2.24) is 9.80 Å². The van der Waals surface area contributed by atoms with Crippen LogP contribution >= 0.6 is 0 Å². The quantitative estimate of drug-likeness (QED) is 0.536. The highest BCUT2D eigenvalue weighted by Crippen LogP contribution is 2.18. The van der Waals surface area contributed by atoms with Crippen molar-refractivity contribution in [3.8, 4) is 0 Å². The summed E-state index contributed by atoms with van der Waals surface area (Å²) in [7, 11) is 0. The highest BCUT2D eigenvalue weighted by molar-refractivity contribution is 6.10. The maximum atomic E-state index is 13.1. The fraction of sp³-hybridized carbons (Fsp3) is 0.259. The molecule has 4 rings (SSSR count). The van der Waals surface area contributed by atoms with Crippen molar-refractivity contribution >= 4 is 23.2 Å². The molecule has 3 aromatic rings. The summed E-state index contributed by atoms with van der Waals surface area (Å²) in [5.74, 6) is -0.892. The number of hydrogen-bond donors (Lipinski definition) is 2. The van der Waals surface area contributed by atoms with E-state index in [4.69, 9.17) is 0 Å². The second-order valence-corrected chi connectivity index (χ2v) is 8.41. The Kier molecular flexibility index (Phi) is 8.01. The van der Waals surface area contributed by atoms with Gasteiger partial charge in [-0.1, -0.05) is 42.5 Å². The first-order valence-corrected chi connectivity index (χ1v) is 11.5. The molecule has 0 aromatic heterocycles. The van der Waals surface area contributed by atoms with Crippen molar-refractivity contribution in [2.45, 2.75) is 6.42 Å². The maximum Gasteiger partial charge on any atom is 0.257 e. The van der Waals surface area contributed by atoms with Gasteiger partial charge in [-0.3, -0.25) is 14.5 Å². The first-order valence-electron chi connectivity index (χ1n) is 11.5. The van der Waals surface area contributed by atoms with Crippen LogP contribution in [0.5, 0.6) is 0 Å². The molecule has 1 saturated heterocycles. The first kappa shape index (κ1) is 23.6. The van der Waals surface area contributed by atoms with Crippen molar-refractivity contribution in [1.29, 1.82) is 0 Å². The third-order valence-electron chi connectivity index (χ3n) is 5.94. The van der Waals surface area contributed by atoms with Gasteiger partial charge < -0.3 is 15.5 Å². The average Bonchev–Trinajstić information content (AvgIpc) is 2.86. The van der Waals surface area contributed by atoms with Crippen molar-refractivity contribution in [2.75, 3.05) is 49.9 Å². The monoisotopic (exact) mass is 460 g/mol. The lowest BCUT2D eigenvalue weighted by molar-refractivity contribution is -0.117. The van der Waals surface area contributed by atoms with E-state index in [1.807, 2.05) is 6.07 Å². The minimum atomic E-state index is -0.373. The Morgan fingerprint density at radius 1 is 0.765 bits per heavy atom. The summed E-state index contributed by atoms with van der Waals surface area (Å²) in [6.45, 7) is 4.80. The topological polar surface area (TPSA) is 64.7 Å². The van der Waals surface area contributed by atoms with Gasteiger partial charge in [0.2, 0.25) is 5.91 Å². The van der Waals surface area contributed by atoms with Gasteiger partial charge in [0.05, 0.1) is 17.8 Å². The standard InChI is InChI=1S/C27H29FN4O2/c28-22-10-12-23(13-11-22)29-27(34)24-8-4-5-9-25(24)30-26(33)20-32-18-16-31(17-19-32)15-14-21-6-2-1-3-7-21/h1-13H,14-20H2,(H,29,34)(H,30,33). The number of hydrogen-bond acceptors (Lipinski definition) is 4. The van der Waals surface area contributed by atoms with E-state index in [-0.39, 0.29) is 24.2 Å². The zero-order chi connectivity index (χ0) is 23.8. The Balaban J connectivity index is 1.26. The van der Waals surface area contributed by atoms with Crippen LogP contribution < -0.4 is 10.6 Å². The summed E-state index contributed by atoms with van der Waals surface area (Å²) in [6, 6.07) is 22.9. The molecule has 3 aromatic carbocycles. The molecule has 1 aliphatic rings. The number of amides is 2. The molecule has 0 atom stereocenters. The predicted molar refractivity (Wildman–Crippen MR) is 132 cm³/mol. The molecular weight excluding hydrogens is 431 g/mol. The number of halogens is 1. The number of carbonyl (C=O) groups excluding carboxylic acids is 2. The fourth-order valence-corrected chi connectivity index (χ4v) is 4.02. The fourth-order valence-electron chi connectivity index (χ4n) is 4.02. The van der Waals surface area contributed by atoms with Crippen LogP contribution in [0.1, 0.15) is 15.9 Å². The van der Waals surface area contributed by atoms with Crippen molar-refractivity contribution in [3.63, 3.8) is 0 Å². The summed E-state index contributed by atoms with van der Waals surface area (Å²) in [6.07, 6.45) is 1.03. The molecule has 0 aliphatic carbocycles. The molecular formula is C27H29FN4O2. The van der Waals surface area contributed by atoms with Crippen molar-refractivity contribution in [2.24, 2.45) is 0 Å². The van der Waals surface area contributed by atoms with Crippen LogP contribution in [0.25, 0.3) is 0 Å². The number of nitrogens with one attached hydrogen (secondary N) is 2. The van der Waals surface area contributed by atoms with Crippen LogP contribution in [0.3, 0.4) is 0 Å². The molecule has 34 heavy (non-hydrogen) atoms. The van der Waals surface area contributed by atoms with Gasteiger partial charge in [0, 0.05) is 38.4 Å². The molecule has 1 aliphatic heterocycles. The molecule has 7 heteroatoms. The molecule has 0 unspecified atom stereocenters. The number of carbonyl (C=O) groups is 2. The zero-order valence-electron chi connectivity index (χ0n) is 19.0. The first-order chi connectivity index (χ1) is 16.6. The molecule has 6 nitrogen and oxygen atoms in total. The van der Waals surface area contributed by atoms with Gasteiger partial charge in [0.1, 0.15) is 5.82 Å². The molecule has 2 N–H and O–H groups in total. The second kappa shape index (κ2) is 11.5. The van der Waals surface area contributed by atoms with E-state index in [0.29, 0.717) is 16.9 Å². The summed E-state index contributed by atoms with van der Waals surface area (Å²) in [5.41, 5.74) is 2.63. The number of nitrogens with zero attached hydrogens (tertiary/aromatic N) is 2. The molecule has 1 heterocycles. The lowest BCUT2D eigenvalue weighted by Gasteiger charge is -2.34. The SMILES string of the molecule is O=C(CN1CCN(CCc2ccccc2)CC1)Nc1ccccc1C(=O)Nc1ccc(F)cc1. The summed E-state index contributed by atoms with van der Waals surface area (Å²) in [4.78, 5) is 30.0. The lowest BCUT2D eigenvalue weighted by Crippen LogP contribution is -2.49. The van der Waals surface area contributed by atoms with Crippen LogP contribution in [-0.4, -0.2) is 60.9 Å². The Hall–Kier alpha value is -3.55. The van der Waals surface area contributed by atoms with Crippen LogP contribution in [0.4, 0.5) is 15.8 Å². The van der Waals surface area contributed by atoms with E-state index < -0.39 is 0 Å². The minimum absolute atomic E-state index is 0.153. The van der Waals surface area contributed by atoms with Gasteiger partial charge in [-0.05, 0) is 48.4 Å². The number of rotatable bonds is 8. The number of para-hydroxylation sites is 1. The predicted octanol–water partition coefficient (Wildman–Crippen LogP) is 3.88. The van der Waals surface area contributed by atoms with Gasteiger partial charge >= 0.3 is 0 Å². The number of anilines is 2. The largest absolute Gasteiger partial charge is 0.324 e. The Morgan fingerprint density at radius 3 is 2.15 bits per heavy atom. The molecule has 176 valence electrons. The maximum absolute atomic E-state index is 13.1. The van der Waals surface area contributed by atoms with Gasteiger partial charge in [-0.25, -0.2) is 4.39 Å². The van der Waals surface area contributed by atoms with Crippen LogP contribution in [-0.2, 0) is 11.2 Å². The van der Waals surface area contributed by atoms with Gasteiger partial charge in [0.15, 0.2) is 0 Å². The second-order valence-electron chi connectivity index (χ2n) is 8.41. The van der Waals surface area contributed by atoms with E-state index in [0.717, 1.165) is 39.1 Å². The smallest absolute Gasteiger partial charge is 0.257 e. The molecule has 1 fully saturated rings. The Morgan fingerprint density at radius 2 is 1.41 bits per heavy atom. The number of piperazine rings is 1. The van der Waals surface area contributed by atoms with E-state index in [1.165, 1.54) is 29.8 Å². The van der Waals surface area contributed by atoms with E-state index in [2.05, 4.69) is 44.7 Å². The Bertz CT molecular complexity index is 1100. The average molecular weight is 461 g/mol. The molecule has 0 saturated carbocycles. The lowest BCUT2D eigenvalue weighted by atomic mass is 10.1.